The molecule has 2 aliphatic carbocycles. The van der Waals surface area contributed by atoms with Crippen LogP contribution in [0, 0.1) is 6.92 Å². The van der Waals surface area contributed by atoms with Crippen LogP contribution in [0.3, 0.4) is 0 Å². The number of hydrogen-bond acceptors (Lipinski definition) is 6. The number of rotatable bonds is 7. The van der Waals surface area contributed by atoms with E-state index in [1.165, 1.54) is 25.7 Å². The van der Waals surface area contributed by atoms with Gasteiger partial charge in [0.1, 0.15) is 5.82 Å². The number of carbonyl (C=O) groups excluding carboxylic acids is 1. The zero-order chi connectivity index (χ0) is 20.0. The van der Waals surface area contributed by atoms with Crippen LogP contribution in [-0.4, -0.2) is 32.3 Å². The van der Waals surface area contributed by atoms with Crippen molar-refractivity contribution in [1.29, 1.82) is 0 Å². The van der Waals surface area contributed by atoms with Gasteiger partial charge in [-0.15, -0.1) is 10.2 Å². The average molecular weight is 409 g/mol. The Labute approximate surface area is 174 Å². The molecule has 0 bridgehead atoms. The van der Waals surface area contributed by atoms with Crippen LogP contribution in [0.15, 0.2) is 29.4 Å². The van der Waals surface area contributed by atoms with Crippen molar-refractivity contribution in [3.8, 4) is 0 Å². The molecule has 150 valence electrons. The van der Waals surface area contributed by atoms with Gasteiger partial charge in [-0.05, 0) is 51.2 Å². The van der Waals surface area contributed by atoms with Crippen LogP contribution in [0.2, 0.25) is 0 Å². The van der Waals surface area contributed by atoms with Gasteiger partial charge in [-0.1, -0.05) is 30.0 Å². The minimum absolute atomic E-state index is 0.304. The molecule has 7 heteroatoms. The Morgan fingerprint density at radius 2 is 2.00 bits per heavy atom. The number of ether oxygens (including phenoxy) is 1. The molecular formula is C22H24N4O2S. The summed E-state index contributed by atoms with van der Waals surface area (Å²) in [6.07, 6.45) is 4.83. The predicted octanol–water partition coefficient (Wildman–Crippen LogP) is 4.82. The van der Waals surface area contributed by atoms with E-state index in [-0.39, 0.29) is 5.97 Å². The Hall–Kier alpha value is -2.41. The molecule has 6 nitrogen and oxygen atoms in total. The topological polar surface area (TPSA) is 69.9 Å². The van der Waals surface area contributed by atoms with Crippen molar-refractivity contribution in [3.05, 3.63) is 46.9 Å². The van der Waals surface area contributed by atoms with Crippen LogP contribution in [0.5, 0.6) is 0 Å². The zero-order valence-corrected chi connectivity index (χ0v) is 17.5. The van der Waals surface area contributed by atoms with Gasteiger partial charge in [-0.25, -0.2) is 4.79 Å². The lowest BCUT2D eigenvalue weighted by atomic mass is 10.0. The molecule has 1 aromatic carbocycles. The highest BCUT2D eigenvalue weighted by atomic mass is 32.2. The van der Waals surface area contributed by atoms with Crippen LogP contribution in [0.25, 0.3) is 10.9 Å². The van der Waals surface area contributed by atoms with Crippen LogP contribution in [-0.2, 0) is 10.5 Å². The minimum atomic E-state index is -0.304. The fraction of sp³-hybridized carbons (Fsp3) is 0.455. The first-order valence-corrected chi connectivity index (χ1v) is 11.3. The van der Waals surface area contributed by atoms with E-state index in [1.54, 1.807) is 11.8 Å². The number of para-hydroxylation sites is 1. The third kappa shape index (κ3) is 3.52. The van der Waals surface area contributed by atoms with Gasteiger partial charge in [0.2, 0.25) is 0 Å². The summed E-state index contributed by atoms with van der Waals surface area (Å²) in [5.74, 6) is 1.98. The van der Waals surface area contributed by atoms with E-state index < -0.39 is 0 Å². The van der Waals surface area contributed by atoms with E-state index in [2.05, 4.69) is 14.8 Å². The maximum absolute atomic E-state index is 12.7. The molecular weight excluding hydrogens is 384 g/mol. The third-order valence-corrected chi connectivity index (χ3v) is 6.54. The summed E-state index contributed by atoms with van der Waals surface area (Å²) in [6.45, 7) is 4.15. The molecule has 0 spiro atoms. The van der Waals surface area contributed by atoms with Crippen LogP contribution in [0.4, 0.5) is 0 Å². The number of fused-ring (bicyclic) bond motifs is 1. The highest BCUT2D eigenvalue weighted by molar-refractivity contribution is 7.98. The van der Waals surface area contributed by atoms with Gasteiger partial charge >= 0.3 is 5.97 Å². The van der Waals surface area contributed by atoms with E-state index in [9.17, 15) is 4.79 Å². The molecule has 2 heterocycles. The number of benzene rings is 1. The Morgan fingerprint density at radius 1 is 1.21 bits per heavy atom. The second-order valence-electron chi connectivity index (χ2n) is 7.80. The van der Waals surface area contributed by atoms with Gasteiger partial charge in [0.15, 0.2) is 5.16 Å². The molecule has 0 amide bonds. The Morgan fingerprint density at radius 3 is 2.72 bits per heavy atom. The molecule has 5 rings (SSSR count). The zero-order valence-electron chi connectivity index (χ0n) is 16.7. The van der Waals surface area contributed by atoms with Gasteiger partial charge in [0, 0.05) is 23.1 Å². The summed E-state index contributed by atoms with van der Waals surface area (Å²) in [5, 5.41) is 10.9. The van der Waals surface area contributed by atoms with Crippen molar-refractivity contribution in [2.24, 2.45) is 0 Å². The summed E-state index contributed by atoms with van der Waals surface area (Å²) in [4.78, 5) is 17.5. The Bertz CT molecular complexity index is 1090. The van der Waals surface area contributed by atoms with Crippen molar-refractivity contribution >= 4 is 28.6 Å². The fourth-order valence-electron chi connectivity index (χ4n) is 3.83. The first-order chi connectivity index (χ1) is 14.2. The molecule has 3 aromatic rings. The van der Waals surface area contributed by atoms with Crippen LogP contribution >= 0.6 is 11.8 Å². The Kier molecular flexibility index (Phi) is 4.78. The van der Waals surface area contributed by atoms with Gasteiger partial charge in [-0.2, -0.15) is 0 Å². The summed E-state index contributed by atoms with van der Waals surface area (Å²) in [6, 6.07) is 8.48. The van der Waals surface area contributed by atoms with Crippen molar-refractivity contribution < 1.29 is 9.53 Å². The van der Waals surface area contributed by atoms with Crippen molar-refractivity contribution in [1.82, 2.24) is 19.7 Å². The molecule has 0 atom stereocenters. The number of carbonyl (C=O) groups is 1. The molecule has 2 fully saturated rings. The normalized spacial score (nSPS) is 16.3. The number of nitrogens with zero attached hydrogens (tertiary/aromatic N) is 4. The van der Waals surface area contributed by atoms with Gasteiger partial charge in [0.05, 0.1) is 23.4 Å². The smallest absolute Gasteiger partial charge is 0.340 e. The van der Waals surface area contributed by atoms with E-state index in [0.717, 1.165) is 33.1 Å². The molecule has 2 aromatic heterocycles. The molecule has 2 aliphatic rings. The predicted molar refractivity (Wildman–Crippen MR) is 112 cm³/mol. The number of esters is 1. The van der Waals surface area contributed by atoms with Crippen LogP contribution < -0.4 is 0 Å². The second-order valence-corrected chi connectivity index (χ2v) is 8.74. The number of aromatic nitrogens is 4. The molecule has 0 saturated heterocycles. The fourth-order valence-corrected chi connectivity index (χ4v) is 4.79. The molecule has 2 saturated carbocycles. The van der Waals surface area contributed by atoms with E-state index in [0.29, 0.717) is 29.9 Å². The SMILES string of the molecule is CCOC(=O)c1c(CSc2nnc(C3CC3)n2C2CC2)nc2ccccc2c1C. The second kappa shape index (κ2) is 7.44. The summed E-state index contributed by atoms with van der Waals surface area (Å²) >= 11 is 1.62. The summed E-state index contributed by atoms with van der Waals surface area (Å²) in [5.41, 5.74) is 3.16. The lowest BCUT2D eigenvalue weighted by Gasteiger charge is -2.14. The molecule has 0 aliphatic heterocycles. The maximum atomic E-state index is 12.7. The minimum Gasteiger partial charge on any atom is -0.462 e. The van der Waals surface area contributed by atoms with Crippen molar-refractivity contribution in [3.63, 3.8) is 0 Å². The monoisotopic (exact) mass is 408 g/mol. The largest absolute Gasteiger partial charge is 0.462 e. The molecule has 0 N–H and O–H groups in total. The molecule has 0 unspecified atom stereocenters. The standard InChI is InChI=1S/C22H24N4O2S/c1-3-28-21(27)19-13(2)16-6-4-5-7-17(16)23-18(19)12-29-22-25-24-20(14-8-9-14)26(22)15-10-11-15/h4-7,14-15H,3,8-12H2,1-2H3. The highest BCUT2D eigenvalue weighted by Gasteiger charge is 2.36. The quantitative estimate of drug-likeness (QED) is 0.412. The third-order valence-electron chi connectivity index (χ3n) is 5.59. The van der Waals surface area contributed by atoms with Crippen molar-refractivity contribution in [2.45, 2.75) is 62.4 Å². The number of hydrogen-bond donors (Lipinski definition) is 0. The lowest BCUT2D eigenvalue weighted by Crippen LogP contribution is -2.12. The molecule has 29 heavy (non-hydrogen) atoms. The van der Waals surface area contributed by atoms with Crippen molar-refractivity contribution in [2.75, 3.05) is 6.61 Å². The van der Waals surface area contributed by atoms with E-state index in [4.69, 9.17) is 9.72 Å². The first-order valence-electron chi connectivity index (χ1n) is 10.3. The number of aryl methyl sites for hydroxylation is 1. The Balaban J connectivity index is 1.50. The lowest BCUT2D eigenvalue weighted by molar-refractivity contribution is 0.0524. The van der Waals surface area contributed by atoms with Gasteiger partial charge in [-0.3, -0.25) is 4.98 Å². The van der Waals surface area contributed by atoms with E-state index in [1.807, 2.05) is 38.1 Å². The van der Waals surface area contributed by atoms with Gasteiger partial charge in [0.25, 0.3) is 0 Å². The molecule has 0 radical (unpaired) electrons. The number of pyridine rings is 1. The highest BCUT2D eigenvalue weighted by Crippen LogP contribution is 2.46. The summed E-state index contributed by atoms with van der Waals surface area (Å²) < 4.78 is 7.68. The van der Waals surface area contributed by atoms with Crippen LogP contribution in [0.1, 0.15) is 72.0 Å². The van der Waals surface area contributed by atoms with Gasteiger partial charge < -0.3 is 9.30 Å². The average Bonchev–Trinajstić information content (AvgIpc) is 3.65. The first kappa shape index (κ1) is 18.6. The van der Waals surface area contributed by atoms with E-state index >= 15 is 0 Å². The summed E-state index contributed by atoms with van der Waals surface area (Å²) in [7, 11) is 0. The maximum Gasteiger partial charge on any atom is 0.340 e. The number of thioether (sulfide) groups is 1.